The molecule has 0 saturated carbocycles. The molecule has 1 rings (SSSR count). The quantitative estimate of drug-likeness (QED) is 0.860. The number of carbonyl (C=O) groups excluding carboxylic acids is 2. The van der Waals surface area contributed by atoms with Crippen molar-refractivity contribution < 1.29 is 14.3 Å². The molecule has 98 valence electrons. The molecular weight excluding hydrogens is 256 g/mol. The molecule has 0 aliphatic rings. The predicted molar refractivity (Wildman–Crippen MR) is 70.1 cm³/mol. The van der Waals surface area contributed by atoms with Crippen LogP contribution in [0.3, 0.4) is 0 Å². The molecule has 6 heteroatoms. The van der Waals surface area contributed by atoms with Crippen molar-refractivity contribution in [2.75, 3.05) is 11.9 Å². The highest BCUT2D eigenvalue weighted by atomic mass is 35.5. The number of benzene rings is 1. The molecule has 0 radical (unpaired) electrons. The summed E-state index contributed by atoms with van der Waals surface area (Å²) < 4.78 is 5.41. The molecular formula is C12H15ClN2O3. The van der Waals surface area contributed by atoms with E-state index in [1.807, 2.05) is 6.92 Å². The van der Waals surface area contributed by atoms with Crippen LogP contribution in [0, 0.1) is 0 Å². The summed E-state index contributed by atoms with van der Waals surface area (Å²) in [5.41, 5.74) is 5.83. The Morgan fingerprint density at radius 1 is 1.44 bits per heavy atom. The van der Waals surface area contributed by atoms with Crippen LogP contribution in [0.1, 0.15) is 30.6 Å². The van der Waals surface area contributed by atoms with Crippen LogP contribution < -0.4 is 15.8 Å². The van der Waals surface area contributed by atoms with Gasteiger partial charge in [-0.25, -0.2) is 0 Å². The van der Waals surface area contributed by atoms with Crippen LogP contribution in [-0.4, -0.2) is 18.4 Å². The van der Waals surface area contributed by atoms with E-state index in [1.54, 1.807) is 0 Å². The molecule has 0 bridgehead atoms. The zero-order valence-electron chi connectivity index (χ0n) is 10.2. The number of ether oxygens (including phenoxy) is 1. The molecule has 5 nitrogen and oxygen atoms in total. The highest BCUT2D eigenvalue weighted by Gasteiger charge is 2.14. The molecule has 1 aromatic rings. The van der Waals surface area contributed by atoms with Gasteiger partial charge in [-0.3, -0.25) is 9.59 Å². The molecule has 0 saturated heterocycles. The molecule has 0 aromatic heterocycles. The molecule has 0 atom stereocenters. The van der Waals surface area contributed by atoms with E-state index in [-0.39, 0.29) is 16.5 Å². The Morgan fingerprint density at radius 2 is 2.11 bits per heavy atom. The molecule has 0 spiro atoms. The Balaban J connectivity index is 3.17. The minimum Gasteiger partial charge on any atom is -0.493 e. The van der Waals surface area contributed by atoms with E-state index in [1.165, 1.54) is 19.1 Å². The van der Waals surface area contributed by atoms with E-state index >= 15 is 0 Å². The summed E-state index contributed by atoms with van der Waals surface area (Å²) in [6.07, 6.45) is 0.788. The Morgan fingerprint density at radius 3 is 2.61 bits per heavy atom. The predicted octanol–water partition coefficient (Wildman–Crippen LogP) is 2.19. The molecule has 0 heterocycles. The third-order valence-corrected chi connectivity index (χ3v) is 2.42. The molecule has 18 heavy (non-hydrogen) atoms. The summed E-state index contributed by atoms with van der Waals surface area (Å²) >= 11 is 5.95. The number of rotatable bonds is 5. The van der Waals surface area contributed by atoms with E-state index in [4.69, 9.17) is 22.1 Å². The maximum Gasteiger partial charge on any atom is 0.252 e. The monoisotopic (exact) mass is 270 g/mol. The van der Waals surface area contributed by atoms with Gasteiger partial charge in [-0.15, -0.1) is 0 Å². The van der Waals surface area contributed by atoms with Crippen molar-refractivity contribution in [1.82, 2.24) is 0 Å². The van der Waals surface area contributed by atoms with Gasteiger partial charge in [0.05, 0.1) is 22.9 Å². The Bertz CT molecular complexity index is 475. The lowest BCUT2D eigenvalue weighted by Crippen LogP contribution is -2.14. The van der Waals surface area contributed by atoms with Crippen LogP contribution in [0.4, 0.5) is 5.69 Å². The lowest BCUT2D eigenvalue weighted by molar-refractivity contribution is -0.114. The summed E-state index contributed by atoms with van der Waals surface area (Å²) in [7, 11) is 0. The molecule has 3 N–H and O–H groups in total. The minimum atomic E-state index is -0.627. The van der Waals surface area contributed by atoms with Gasteiger partial charge in [0.2, 0.25) is 5.91 Å². The fourth-order valence-electron chi connectivity index (χ4n) is 1.36. The van der Waals surface area contributed by atoms with Crippen molar-refractivity contribution in [3.05, 3.63) is 22.7 Å². The SMILES string of the molecule is CCCOc1cc(NC(C)=O)c(Cl)cc1C(N)=O. The average Bonchev–Trinajstić information content (AvgIpc) is 2.28. The summed E-state index contributed by atoms with van der Waals surface area (Å²) in [5.74, 6) is -0.569. The van der Waals surface area contributed by atoms with Crippen molar-refractivity contribution >= 4 is 29.1 Å². The van der Waals surface area contributed by atoms with Crippen LogP contribution in [-0.2, 0) is 4.79 Å². The van der Waals surface area contributed by atoms with Gasteiger partial charge in [-0.2, -0.15) is 0 Å². The van der Waals surface area contributed by atoms with E-state index < -0.39 is 5.91 Å². The van der Waals surface area contributed by atoms with Crippen molar-refractivity contribution in [2.24, 2.45) is 5.73 Å². The van der Waals surface area contributed by atoms with Gasteiger partial charge in [0, 0.05) is 13.0 Å². The third kappa shape index (κ3) is 3.63. The van der Waals surface area contributed by atoms with E-state index in [0.717, 1.165) is 6.42 Å². The third-order valence-electron chi connectivity index (χ3n) is 2.11. The molecule has 0 aliphatic carbocycles. The number of nitrogens with two attached hydrogens (primary N) is 1. The van der Waals surface area contributed by atoms with E-state index in [0.29, 0.717) is 18.0 Å². The second-order valence-corrected chi connectivity index (χ2v) is 4.13. The van der Waals surface area contributed by atoms with Crippen LogP contribution in [0.2, 0.25) is 5.02 Å². The second kappa shape index (κ2) is 6.26. The Labute approximate surface area is 110 Å². The lowest BCUT2D eigenvalue weighted by atomic mass is 10.1. The van der Waals surface area contributed by atoms with Crippen LogP contribution in [0.25, 0.3) is 0 Å². The summed E-state index contributed by atoms with van der Waals surface area (Å²) in [6, 6.07) is 2.89. The summed E-state index contributed by atoms with van der Waals surface area (Å²) in [6.45, 7) is 3.75. The maximum absolute atomic E-state index is 11.3. The van der Waals surface area contributed by atoms with E-state index in [2.05, 4.69) is 5.32 Å². The van der Waals surface area contributed by atoms with Gasteiger partial charge in [0.1, 0.15) is 5.75 Å². The lowest BCUT2D eigenvalue weighted by Gasteiger charge is -2.12. The number of amides is 2. The number of hydrogen-bond acceptors (Lipinski definition) is 3. The second-order valence-electron chi connectivity index (χ2n) is 3.72. The summed E-state index contributed by atoms with van der Waals surface area (Å²) in [5, 5.41) is 2.79. The fourth-order valence-corrected chi connectivity index (χ4v) is 1.57. The number of carbonyl (C=O) groups is 2. The standard InChI is InChI=1S/C12H15ClN2O3/c1-3-4-18-11-6-10(15-7(2)16)9(13)5-8(11)12(14)17/h5-6H,3-4H2,1-2H3,(H2,14,17)(H,15,16). The van der Waals surface area contributed by atoms with Gasteiger partial charge in [0.25, 0.3) is 5.91 Å². The van der Waals surface area contributed by atoms with Gasteiger partial charge in [-0.1, -0.05) is 18.5 Å². The molecule has 1 aromatic carbocycles. The number of halogens is 1. The number of primary amides is 1. The van der Waals surface area contributed by atoms with Crippen molar-refractivity contribution in [3.63, 3.8) is 0 Å². The molecule has 2 amide bonds. The van der Waals surface area contributed by atoms with Crippen LogP contribution in [0.15, 0.2) is 12.1 Å². The fraction of sp³-hybridized carbons (Fsp3) is 0.333. The Kier molecular flexibility index (Phi) is 4.97. The first-order chi connectivity index (χ1) is 8.45. The molecule has 0 aliphatic heterocycles. The van der Waals surface area contributed by atoms with Crippen molar-refractivity contribution in [3.8, 4) is 5.75 Å². The highest BCUT2D eigenvalue weighted by Crippen LogP contribution is 2.31. The average molecular weight is 271 g/mol. The number of anilines is 1. The number of nitrogens with one attached hydrogen (secondary N) is 1. The first-order valence-electron chi connectivity index (χ1n) is 5.49. The first-order valence-corrected chi connectivity index (χ1v) is 5.87. The van der Waals surface area contributed by atoms with E-state index in [9.17, 15) is 9.59 Å². The van der Waals surface area contributed by atoms with Crippen molar-refractivity contribution in [1.29, 1.82) is 0 Å². The minimum absolute atomic E-state index is 0.197. The first kappa shape index (κ1) is 14.3. The van der Waals surface area contributed by atoms with Crippen molar-refractivity contribution in [2.45, 2.75) is 20.3 Å². The van der Waals surface area contributed by atoms with Gasteiger partial charge in [-0.05, 0) is 12.5 Å². The largest absolute Gasteiger partial charge is 0.493 e. The van der Waals surface area contributed by atoms with Gasteiger partial charge in [0.15, 0.2) is 0 Å². The topological polar surface area (TPSA) is 81.4 Å². The molecule has 0 fully saturated rings. The van der Waals surface area contributed by atoms with Gasteiger partial charge >= 0.3 is 0 Å². The Hall–Kier alpha value is -1.75. The smallest absolute Gasteiger partial charge is 0.252 e. The zero-order valence-corrected chi connectivity index (χ0v) is 11.0. The highest BCUT2D eigenvalue weighted by molar-refractivity contribution is 6.34. The van der Waals surface area contributed by atoms with Crippen LogP contribution in [0.5, 0.6) is 5.75 Å². The van der Waals surface area contributed by atoms with Crippen LogP contribution >= 0.6 is 11.6 Å². The number of hydrogen-bond donors (Lipinski definition) is 2. The normalized spacial score (nSPS) is 9.94. The zero-order chi connectivity index (χ0) is 13.7. The maximum atomic E-state index is 11.3. The summed E-state index contributed by atoms with van der Waals surface area (Å²) in [4.78, 5) is 22.3. The molecule has 0 unspecified atom stereocenters. The van der Waals surface area contributed by atoms with Gasteiger partial charge < -0.3 is 15.8 Å².